The molecule has 0 aliphatic heterocycles. The second kappa shape index (κ2) is 14.2. The van der Waals surface area contributed by atoms with E-state index in [0.717, 1.165) is 0 Å². The number of unbranched alkanes of at least 4 members (excludes halogenated alkanes) is 9. The number of allylic oxidation sites excluding steroid dienone is 12. The van der Waals surface area contributed by atoms with E-state index in [-0.39, 0.29) is 0 Å². The average molecular weight is 563 g/mol. The minimum atomic E-state index is -2.50. The van der Waals surface area contributed by atoms with Crippen LogP contribution in [-0.4, -0.2) is 21.4 Å². The first-order valence-corrected chi connectivity index (χ1v) is 19.7. The van der Waals surface area contributed by atoms with Gasteiger partial charge in [-0.05, 0) is 0 Å². The van der Waals surface area contributed by atoms with Crippen molar-refractivity contribution in [3.8, 4) is 0 Å². The molecule has 0 unspecified atom stereocenters. The molecule has 0 N–H and O–H groups in total. The van der Waals surface area contributed by atoms with Crippen LogP contribution in [0.4, 0.5) is 0 Å². The first-order valence-electron chi connectivity index (χ1n) is 14.8. The fourth-order valence-electron chi connectivity index (χ4n) is 7.16. The zero-order valence-electron chi connectivity index (χ0n) is 22.6. The van der Waals surface area contributed by atoms with Crippen LogP contribution in [0.2, 0.25) is 9.51 Å². The molecule has 34 heavy (non-hydrogen) atoms. The third-order valence-electron chi connectivity index (χ3n) is 8.77. The molecule has 0 atom stereocenters. The summed E-state index contributed by atoms with van der Waals surface area (Å²) < 4.78 is 1.05. The van der Waals surface area contributed by atoms with Gasteiger partial charge in [0.15, 0.2) is 0 Å². The molecule has 186 valence electrons. The molecule has 0 saturated heterocycles. The van der Waals surface area contributed by atoms with Crippen LogP contribution < -0.4 is 0 Å². The molecule has 0 heterocycles. The van der Waals surface area contributed by atoms with E-state index in [1.54, 1.807) is 0 Å². The van der Waals surface area contributed by atoms with Gasteiger partial charge in [0, 0.05) is 0 Å². The van der Waals surface area contributed by atoms with Gasteiger partial charge < -0.3 is 0 Å². The summed E-state index contributed by atoms with van der Waals surface area (Å²) in [5, 5.41) is 0. The molecule has 0 aromatic heterocycles. The van der Waals surface area contributed by atoms with Crippen molar-refractivity contribution in [3.63, 3.8) is 0 Å². The Labute approximate surface area is 220 Å². The van der Waals surface area contributed by atoms with Gasteiger partial charge in [0.05, 0.1) is 0 Å². The topological polar surface area (TPSA) is 0 Å². The van der Waals surface area contributed by atoms with Gasteiger partial charge in [-0.15, -0.1) is 0 Å². The van der Waals surface area contributed by atoms with Crippen molar-refractivity contribution in [1.29, 1.82) is 0 Å². The van der Waals surface area contributed by atoms with Gasteiger partial charge in [0.2, 0.25) is 0 Å². The van der Waals surface area contributed by atoms with Gasteiger partial charge in [-0.3, -0.25) is 0 Å². The second-order valence-corrected chi connectivity index (χ2v) is 23.0. The predicted octanol–water partition coefficient (Wildman–Crippen LogP) is 11.0. The first kappa shape index (κ1) is 27.9. The van der Waals surface area contributed by atoms with E-state index in [2.05, 4.69) is 93.7 Å². The molecule has 0 spiro atoms. The fourth-order valence-corrected chi connectivity index (χ4v) is 25.1. The molecule has 0 radical (unpaired) electrons. The van der Waals surface area contributed by atoms with Crippen LogP contribution in [0.5, 0.6) is 0 Å². The third kappa shape index (κ3) is 6.74. The van der Waals surface area contributed by atoms with E-state index < -0.39 is 21.4 Å². The van der Waals surface area contributed by atoms with Crippen molar-refractivity contribution in [2.45, 2.75) is 127 Å². The molecular formula is C33H51In. The van der Waals surface area contributed by atoms with Crippen LogP contribution in [0.25, 0.3) is 0 Å². The number of rotatable bonds is 18. The minimum absolute atomic E-state index is 0.350. The molecule has 1 heteroatoms. The molecular weight excluding hydrogens is 511 g/mol. The Kier molecular flexibility index (Phi) is 11.6. The van der Waals surface area contributed by atoms with Crippen molar-refractivity contribution >= 4 is 21.4 Å². The van der Waals surface area contributed by atoms with Crippen LogP contribution in [-0.2, 0) is 0 Å². The molecule has 0 aromatic carbocycles. The van der Waals surface area contributed by atoms with E-state index >= 15 is 0 Å². The molecule has 3 aliphatic carbocycles. The van der Waals surface area contributed by atoms with E-state index in [1.165, 1.54) is 96.3 Å². The molecule has 0 bridgehead atoms. The summed E-state index contributed by atoms with van der Waals surface area (Å²) in [6, 6.07) is 0. The Bertz CT molecular complexity index is 634. The molecule has 0 saturated carbocycles. The van der Waals surface area contributed by atoms with E-state index in [4.69, 9.17) is 0 Å². The Hall–Kier alpha value is -0.690. The normalized spacial score (nSPS) is 20.2. The van der Waals surface area contributed by atoms with Gasteiger partial charge in [-0.1, -0.05) is 0 Å². The second-order valence-electron chi connectivity index (χ2n) is 11.4. The monoisotopic (exact) mass is 562 g/mol. The van der Waals surface area contributed by atoms with Crippen molar-refractivity contribution in [2.75, 3.05) is 0 Å². The van der Waals surface area contributed by atoms with Crippen molar-refractivity contribution < 1.29 is 0 Å². The summed E-state index contributed by atoms with van der Waals surface area (Å²) in [5.74, 6) is 0. The molecule has 0 amide bonds. The van der Waals surface area contributed by atoms with Crippen LogP contribution in [0.3, 0.4) is 0 Å². The number of hydrogen-bond donors (Lipinski definition) is 0. The predicted molar refractivity (Wildman–Crippen MR) is 155 cm³/mol. The maximum absolute atomic E-state index is 2.70. The van der Waals surface area contributed by atoms with Crippen molar-refractivity contribution in [2.24, 2.45) is 0 Å². The number of hydrogen-bond acceptors (Lipinski definition) is 0. The summed E-state index contributed by atoms with van der Waals surface area (Å²) >= 11 is -2.50. The van der Waals surface area contributed by atoms with Gasteiger partial charge >= 0.3 is 221 Å². The Balaban J connectivity index is 2.00. The van der Waals surface area contributed by atoms with Crippen molar-refractivity contribution in [1.82, 2.24) is 0 Å². The van der Waals surface area contributed by atoms with Gasteiger partial charge in [0.1, 0.15) is 0 Å². The molecule has 3 aliphatic rings. The average Bonchev–Trinajstić information content (AvgIpc) is 3.61. The summed E-state index contributed by atoms with van der Waals surface area (Å²) in [6.45, 7) is 7.02. The maximum atomic E-state index is 2.70. The summed E-state index contributed by atoms with van der Waals surface area (Å²) in [4.78, 5) is 0. The molecule has 3 rings (SSSR count). The molecule has 0 aromatic rings. The molecule has 0 nitrogen and oxygen atoms in total. The third-order valence-corrected chi connectivity index (χ3v) is 23.7. The van der Waals surface area contributed by atoms with Gasteiger partial charge in [0.25, 0.3) is 0 Å². The Morgan fingerprint density at radius 3 is 0.882 bits per heavy atom. The van der Waals surface area contributed by atoms with E-state index in [0.29, 0.717) is 9.51 Å². The van der Waals surface area contributed by atoms with E-state index in [1.807, 2.05) is 0 Å². The zero-order valence-corrected chi connectivity index (χ0v) is 25.9. The van der Waals surface area contributed by atoms with Gasteiger partial charge in [-0.25, -0.2) is 0 Å². The van der Waals surface area contributed by atoms with Crippen LogP contribution in [0.15, 0.2) is 72.9 Å². The van der Waals surface area contributed by atoms with Crippen LogP contribution in [0.1, 0.15) is 117 Å². The molecule has 0 fully saturated rings. The van der Waals surface area contributed by atoms with Gasteiger partial charge in [-0.2, -0.15) is 0 Å². The summed E-state index contributed by atoms with van der Waals surface area (Å²) in [7, 11) is 0. The van der Waals surface area contributed by atoms with Crippen LogP contribution >= 0.6 is 0 Å². The quantitative estimate of drug-likeness (QED) is 0.146. The van der Waals surface area contributed by atoms with E-state index in [9.17, 15) is 0 Å². The van der Waals surface area contributed by atoms with Crippen molar-refractivity contribution in [3.05, 3.63) is 72.9 Å². The standard InChI is InChI=1S/3C11H17.In/c3*1-2-3-4-5-8-11-9-6-7-10-11;/h3*6-7,9-10H,2-5,8H2,1H3;. The fraction of sp³-hybridized carbons (Fsp3) is 0.636. The first-order chi connectivity index (χ1) is 16.7. The Morgan fingerprint density at radius 2 is 0.647 bits per heavy atom. The SMILES string of the molecule is CCCCCC[C]1([In]([C]2(CCCCCC)C=CC=C2)[C]2(CCCCCC)C=CC=C2)C=CC=C1. The Morgan fingerprint density at radius 1 is 0.382 bits per heavy atom. The zero-order chi connectivity index (χ0) is 24.2. The summed E-state index contributed by atoms with van der Waals surface area (Å²) in [5.41, 5.74) is 0. The van der Waals surface area contributed by atoms with Crippen LogP contribution in [0, 0.1) is 0 Å². The summed E-state index contributed by atoms with van der Waals surface area (Å²) in [6.07, 6.45) is 51.2.